The Kier molecular flexibility index (Phi) is 6.19. The van der Waals surface area contributed by atoms with E-state index >= 15 is 0 Å². The van der Waals surface area contributed by atoms with E-state index in [0.29, 0.717) is 5.02 Å². The van der Waals surface area contributed by atoms with Gasteiger partial charge in [0.1, 0.15) is 6.04 Å². The summed E-state index contributed by atoms with van der Waals surface area (Å²) in [5, 5.41) is 7.65. The summed E-state index contributed by atoms with van der Waals surface area (Å²) in [7, 11) is 0. The van der Waals surface area contributed by atoms with Gasteiger partial charge < -0.3 is 5.32 Å². The maximum atomic E-state index is 11.9. The van der Waals surface area contributed by atoms with Crippen LogP contribution in [0.15, 0.2) is 6.20 Å². The van der Waals surface area contributed by atoms with Crippen LogP contribution in [0.2, 0.25) is 5.02 Å². The fourth-order valence-electron chi connectivity index (χ4n) is 1.81. The first-order valence-electron chi connectivity index (χ1n) is 6.55. The maximum absolute atomic E-state index is 11.9. The number of carbonyl (C=O) groups is 1. The number of nitrogens with one attached hydrogen (secondary N) is 1. The zero-order valence-electron chi connectivity index (χ0n) is 11.4. The van der Waals surface area contributed by atoms with E-state index in [-0.39, 0.29) is 11.9 Å². The molecule has 1 rings (SSSR count). The van der Waals surface area contributed by atoms with Gasteiger partial charge in [-0.05, 0) is 20.3 Å². The minimum atomic E-state index is -0.316. The highest BCUT2D eigenvalue weighted by Crippen LogP contribution is 2.17. The molecular weight excluding hydrogens is 250 g/mol. The first-order chi connectivity index (χ1) is 8.57. The molecular formula is C13H22ClN3O. The van der Waals surface area contributed by atoms with E-state index in [0.717, 1.165) is 25.1 Å². The fourth-order valence-corrected chi connectivity index (χ4v) is 1.95. The van der Waals surface area contributed by atoms with E-state index < -0.39 is 0 Å². The second-order valence-electron chi connectivity index (χ2n) is 4.55. The summed E-state index contributed by atoms with van der Waals surface area (Å²) < 4.78 is 1.66. The smallest absolute Gasteiger partial charge is 0.244 e. The predicted molar refractivity (Wildman–Crippen MR) is 73.8 cm³/mol. The van der Waals surface area contributed by atoms with Crippen LogP contribution in [0.1, 0.15) is 51.3 Å². The number of carbonyl (C=O) groups excluding carboxylic acids is 1. The molecule has 0 saturated heterocycles. The van der Waals surface area contributed by atoms with E-state index in [1.807, 2.05) is 13.8 Å². The van der Waals surface area contributed by atoms with Gasteiger partial charge in [-0.25, -0.2) is 0 Å². The van der Waals surface area contributed by atoms with Crippen molar-refractivity contribution in [3.63, 3.8) is 0 Å². The van der Waals surface area contributed by atoms with Crippen LogP contribution >= 0.6 is 11.6 Å². The second-order valence-corrected chi connectivity index (χ2v) is 4.96. The van der Waals surface area contributed by atoms with Crippen LogP contribution in [0.25, 0.3) is 0 Å². The highest BCUT2D eigenvalue weighted by molar-refractivity contribution is 6.31. The molecule has 1 unspecified atom stereocenters. The molecule has 5 heteroatoms. The third-order valence-electron chi connectivity index (χ3n) is 3.06. The lowest BCUT2D eigenvalue weighted by Crippen LogP contribution is -2.32. The number of hydrogen-bond donors (Lipinski definition) is 1. The largest absolute Gasteiger partial charge is 0.354 e. The van der Waals surface area contributed by atoms with Crippen molar-refractivity contribution in [3.05, 3.63) is 16.9 Å². The molecule has 1 N–H and O–H groups in total. The van der Waals surface area contributed by atoms with Crippen LogP contribution in [-0.4, -0.2) is 22.2 Å². The molecule has 102 valence electrons. The van der Waals surface area contributed by atoms with E-state index in [4.69, 9.17) is 11.6 Å². The normalized spacial score (nSPS) is 12.4. The lowest BCUT2D eigenvalue weighted by Gasteiger charge is -2.14. The lowest BCUT2D eigenvalue weighted by molar-refractivity contribution is -0.124. The molecule has 0 radical (unpaired) electrons. The van der Waals surface area contributed by atoms with Crippen LogP contribution in [-0.2, 0) is 4.79 Å². The molecule has 1 amide bonds. The maximum Gasteiger partial charge on any atom is 0.244 e. The number of rotatable bonds is 7. The van der Waals surface area contributed by atoms with Crippen molar-refractivity contribution in [2.24, 2.45) is 0 Å². The standard InChI is InChI=1S/C13H22ClN3O/c1-4-5-6-7-8-15-13(18)11(3)17-10(2)12(14)9-16-17/h9,11H,4-8H2,1-3H3,(H,15,18). The molecule has 0 aliphatic rings. The zero-order chi connectivity index (χ0) is 13.5. The van der Waals surface area contributed by atoms with E-state index in [1.165, 1.54) is 12.8 Å². The average Bonchev–Trinajstić information content (AvgIpc) is 2.69. The summed E-state index contributed by atoms with van der Waals surface area (Å²) in [6.07, 6.45) is 6.19. The molecule has 0 aromatic carbocycles. The highest BCUT2D eigenvalue weighted by atomic mass is 35.5. The minimum Gasteiger partial charge on any atom is -0.354 e. The Balaban J connectivity index is 2.40. The molecule has 1 aromatic rings. The molecule has 1 aromatic heterocycles. The van der Waals surface area contributed by atoms with Gasteiger partial charge in [0, 0.05) is 6.54 Å². The van der Waals surface area contributed by atoms with Crippen LogP contribution in [0.5, 0.6) is 0 Å². The summed E-state index contributed by atoms with van der Waals surface area (Å²) in [5.74, 6) is -0.00522. The number of halogens is 1. The van der Waals surface area contributed by atoms with Crippen molar-refractivity contribution >= 4 is 17.5 Å². The minimum absolute atomic E-state index is 0.00522. The van der Waals surface area contributed by atoms with Crippen LogP contribution in [0.3, 0.4) is 0 Å². The third kappa shape index (κ3) is 4.02. The predicted octanol–water partition coefficient (Wildman–Crippen LogP) is 3.10. The van der Waals surface area contributed by atoms with Gasteiger partial charge in [0.15, 0.2) is 0 Å². The number of unbranched alkanes of at least 4 members (excludes halogenated alkanes) is 3. The number of hydrogen-bond acceptors (Lipinski definition) is 2. The Morgan fingerprint density at radius 3 is 2.78 bits per heavy atom. The number of nitrogens with zero attached hydrogens (tertiary/aromatic N) is 2. The Hall–Kier alpha value is -1.03. The molecule has 0 bridgehead atoms. The van der Waals surface area contributed by atoms with Crippen molar-refractivity contribution in [2.75, 3.05) is 6.54 Å². The van der Waals surface area contributed by atoms with Gasteiger partial charge in [-0.2, -0.15) is 5.10 Å². The van der Waals surface area contributed by atoms with Crippen molar-refractivity contribution < 1.29 is 4.79 Å². The third-order valence-corrected chi connectivity index (χ3v) is 3.43. The van der Waals surface area contributed by atoms with Gasteiger partial charge >= 0.3 is 0 Å². The molecule has 1 heterocycles. The average molecular weight is 272 g/mol. The molecule has 1 atom stereocenters. The Morgan fingerprint density at radius 1 is 1.50 bits per heavy atom. The summed E-state index contributed by atoms with van der Waals surface area (Å²) in [6.45, 7) is 6.60. The Bertz CT molecular complexity index is 390. The number of aromatic nitrogens is 2. The molecule has 0 aliphatic carbocycles. The van der Waals surface area contributed by atoms with Gasteiger partial charge in [-0.3, -0.25) is 9.48 Å². The van der Waals surface area contributed by atoms with Crippen molar-refractivity contribution in [1.82, 2.24) is 15.1 Å². The zero-order valence-corrected chi connectivity index (χ0v) is 12.1. The van der Waals surface area contributed by atoms with Crippen molar-refractivity contribution in [3.8, 4) is 0 Å². The van der Waals surface area contributed by atoms with Crippen molar-refractivity contribution in [2.45, 2.75) is 52.5 Å². The van der Waals surface area contributed by atoms with Gasteiger partial charge in [-0.15, -0.1) is 0 Å². The van der Waals surface area contributed by atoms with E-state index in [2.05, 4.69) is 17.3 Å². The summed E-state index contributed by atoms with van der Waals surface area (Å²) >= 11 is 5.92. The van der Waals surface area contributed by atoms with Crippen molar-refractivity contribution in [1.29, 1.82) is 0 Å². The first kappa shape index (κ1) is 15.0. The van der Waals surface area contributed by atoms with Gasteiger partial charge in [0.25, 0.3) is 0 Å². The molecule has 0 spiro atoms. The van der Waals surface area contributed by atoms with Gasteiger partial charge in [-0.1, -0.05) is 37.8 Å². The molecule has 0 aliphatic heterocycles. The first-order valence-corrected chi connectivity index (χ1v) is 6.93. The van der Waals surface area contributed by atoms with Crippen LogP contribution < -0.4 is 5.32 Å². The monoisotopic (exact) mass is 271 g/mol. The van der Waals surface area contributed by atoms with Gasteiger partial charge in [0.05, 0.1) is 16.9 Å². The van der Waals surface area contributed by atoms with E-state index in [1.54, 1.807) is 10.9 Å². The summed E-state index contributed by atoms with van der Waals surface area (Å²) in [6, 6.07) is -0.316. The number of amides is 1. The second kappa shape index (κ2) is 7.41. The van der Waals surface area contributed by atoms with Crippen LogP contribution in [0.4, 0.5) is 0 Å². The SMILES string of the molecule is CCCCCCNC(=O)C(C)n1ncc(Cl)c1C. The molecule has 0 saturated carbocycles. The summed E-state index contributed by atoms with van der Waals surface area (Å²) in [5.41, 5.74) is 0.824. The lowest BCUT2D eigenvalue weighted by atomic mass is 10.2. The molecule has 4 nitrogen and oxygen atoms in total. The highest BCUT2D eigenvalue weighted by Gasteiger charge is 2.17. The molecule has 18 heavy (non-hydrogen) atoms. The van der Waals surface area contributed by atoms with Gasteiger partial charge in [0.2, 0.25) is 5.91 Å². The van der Waals surface area contributed by atoms with Crippen LogP contribution in [0, 0.1) is 6.92 Å². The fraction of sp³-hybridized carbons (Fsp3) is 0.692. The Morgan fingerprint density at radius 2 is 2.22 bits per heavy atom. The van der Waals surface area contributed by atoms with E-state index in [9.17, 15) is 4.79 Å². The summed E-state index contributed by atoms with van der Waals surface area (Å²) in [4.78, 5) is 11.9. The Labute approximate surface area is 114 Å². The molecule has 0 fully saturated rings. The topological polar surface area (TPSA) is 46.9 Å². The quantitative estimate of drug-likeness (QED) is 0.775.